The lowest BCUT2D eigenvalue weighted by Gasteiger charge is -2.35. The van der Waals surface area contributed by atoms with Crippen molar-refractivity contribution >= 4 is 28.9 Å². The van der Waals surface area contributed by atoms with Gasteiger partial charge in [0.05, 0.1) is 11.5 Å². The zero-order valence-corrected chi connectivity index (χ0v) is 31.3. The number of rotatable bonds is 13. The van der Waals surface area contributed by atoms with Crippen LogP contribution in [0.3, 0.4) is 0 Å². The Balaban J connectivity index is 1.60. The molecule has 0 unspecified atom stereocenters. The summed E-state index contributed by atoms with van der Waals surface area (Å²) in [7, 11) is 0. The van der Waals surface area contributed by atoms with Crippen LogP contribution >= 0.6 is 0 Å². The van der Waals surface area contributed by atoms with Gasteiger partial charge in [-0.25, -0.2) is 0 Å². The molecule has 0 aliphatic heterocycles. The normalized spacial score (nSPS) is 13.5. The number of nitrogens with zero attached hydrogens (tertiary/aromatic N) is 1. The van der Waals surface area contributed by atoms with Crippen LogP contribution < -0.4 is 0 Å². The van der Waals surface area contributed by atoms with Crippen LogP contribution in [0.2, 0.25) is 0 Å². The minimum atomic E-state index is -0.656. The highest BCUT2D eigenvalue weighted by atomic mass is 14.5. The Labute approximate surface area is 321 Å². The maximum absolute atomic E-state index is 9.28. The Morgan fingerprint density at radius 1 is 0.741 bits per heavy atom. The van der Waals surface area contributed by atoms with Gasteiger partial charge >= 0.3 is 0 Å². The van der Waals surface area contributed by atoms with E-state index in [1.165, 1.54) is 11.1 Å². The van der Waals surface area contributed by atoms with Crippen molar-refractivity contribution in [3.05, 3.63) is 246 Å². The van der Waals surface area contributed by atoms with E-state index in [-0.39, 0.29) is 0 Å². The Morgan fingerprint density at radius 2 is 1.33 bits per heavy atom. The van der Waals surface area contributed by atoms with Crippen LogP contribution in [0, 0.1) is 11.3 Å². The quantitative estimate of drug-likeness (QED) is 0.0888. The van der Waals surface area contributed by atoms with Crippen LogP contribution in [0.4, 0.5) is 0 Å². The van der Waals surface area contributed by atoms with Crippen LogP contribution in [0.1, 0.15) is 63.9 Å². The van der Waals surface area contributed by atoms with E-state index >= 15 is 0 Å². The molecular formula is C53H45N. The van der Waals surface area contributed by atoms with Gasteiger partial charge in [0, 0.05) is 5.57 Å². The molecule has 1 heteroatoms. The highest BCUT2D eigenvalue weighted by Crippen LogP contribution is 2.57. The van der Waals surface area contributed by atoms with Crippen molar-refractivity contribution in [1.82, 2.24) is 0 Å². The van der Waals surface area contributed by atoms with Crippen LogP contribution in [0.5, 0.6) is 0 Å². The largest absolute Gasteiger partial charge is 0.192 e. The topological polar surface area (TPSA) is 23.8 Å². The number of allylic oxidation sites excluding steroid dienone is 11. The average Bonchev–Trinajstić information content (AvgIpc) is 3.50. The fraction of sp³-hybridized carbons (Fsp3) is 0.0755. The van der Waals surface area contributed by atoms with Gasteiger partial charge < -0.3 is 0 Å². The molecule has 0 fully saturated rings. The van der Waals surface area contributed by atoms with Crippen molar-refractivity contribution in [3.63, 3.8) is 0 Å². The summed E-state index contributed by atoms with van der Waals surface area (Å²) in [5.74, 6) is 0. The molecule has 0 saturated carbocycles. The summed E-state index contributed by atoms with van der Waals surface area (Å²) >= 11 is 0. The number of hydrogen-bond acceptors (Lipinski definition) is 1. The monoisotopic (exact) mass is 695 g/mol. The van der Waals surface area contributed by atoms with E-state index in [4.69, 9.17) is 0 Å². The van der Waals surface area contributed by atoms with Gasteiger partial charge in [-0.15, -0.1) is 0 Å². The maximum Gasteiger partial charge on any atom is 0.0985 e. The smallest absolute Gasteiger partial charge is 0.0985 e. The molecule has 54 heavy (non-hydrogen) atoms. The predicted molar refractivity (Wildman–Crippen MR) is 233 cm³/mol. The summed E-state index contributed by atoms with van der Waals surface area (Å²) in [6.07, 6.45) is 17.1. The zero-order chi connectivity index (χ0) is 38.2. The van der Waals surface area contributed by atoms with Gasteiger partial charge in [0.1, 0.15) is 0 Å². The van der Waals surface area contributed by atoms with E-state index in [9.17, 15) is 5.26 Å². The predicted octanol–water partition coefficient (Wildman–Crippen LogP) is 13.8. The van der Waals surface area contributed by atoms with Gasteiger partial charge in [0.25, 0.3) is 0 Å². The highest BCUT2D eigenvalue weighted by molar-refractivity contribution is 5.99. The first-order valence-corrected chi connectivity index (χ1v) is 18.2. The van der Waals surface area contributed by atoms with Crippen LogP contribution in [-0.2, 0) is 11.8 Å². The SMILES string of the molecule is C=CC1=C(/C=C\Cc2ccc(C(=C)/C=C\C)cc2)c2c(cc(-c3ccc(/C(C)=C/C(=C)C#N)cc3)c(C=C)c2C=C)C1(c1ccccc1)c1ccccc1. The number of fused-ring (bicyclic) bond motifs is 1. The summed E-state index contributed by atoms with van der Waals surface area (Å²) in [6, 6.07) is 43.1. The molecule has 6 rings (SSSR count). The van der Waals surface area contributed by atoms with Crippen molar-refractivity contribution < 1.29 is 0 Å². The van der Waals surface area contributed by atoms with Crippen molar-refractivity contribution in [2.24, 2.45) is 0 Å². The molecular weight excluding hydrogens is 651 g/mol. The van der Waals surface area contributed by atoms with Crippen LogP contribution in [0.25, 0.3) is 40.0 Å². The molecule has 0 saturated heterocycles. The summed E-state index contributed by atoms with van der Waals surface area (Å²) < 4.78 is 0. The fourth-order valence-corrected chi connectivity index (χ4v) is 7.81. The molecule has 0 atom stereocenters. The van der Waals surface area contributed by atoms with Gasteiger partial charge in [-0.1, -0.05) is 185 Å². The summed E-state index contributed by atoms with van der Waals surface area (Å²) in [6.45, 7) is 25.2. The number of benzene rings is 5. The summed E-state index contributed by atoms with van der Waals surface area (Å²) in [5.41, 5.74) is 16.2. The second-order valence-electron chi connectivity index (χ2n) is 13.5. The Bertz CT molecular complexity index is 2380. The Kier molecular flexibility index (Phi) is 11.2. The van der Waals surface area contributed by atoms with Crippen molar-refractivity contribution in [1.29, 1.82) is 5.26 Å². The van der Waals surface area contributed by atoms with Crippen molar-refractivity contribution in [3.8, 4) is 17.2 Å². The van der Waals surface area contributed by atoms with E-state index in [1.54, 1.807) is 0 Å². The van der Waals surface area contributed by atoms with Gasteiger partial charge in [0.2, 0.25) is 0 Å². The molecule has 0 bridgehead atoms. The van der Waals surface area contributed by atoms with Crippen molar-refractivity contribution in [2.45, 2.75) is 25.7 Å². The first kappa shape index (κ1) is 37.0. The molecule has 0 radical (unpaired) electrons. The number of hydrogen-bond donors (Lipinski definition) is 0. The lowest BCUT2D eigenvalue weighted by Crippen LogP contribution is -2.29. The second kappa shape index (κ2) is 16.3. The molecule has 5 aromatic rings. The molecule has 0 amide bonds. The second-order valence-corrected chi connectivity index (χ2v) is 13.5. The highest BCUT2D eigenvalue weighted by Gasteiger charge is 2.47. The standard InChI is InChI=1S/C53H45N/c1-8-19-38(6)41-28-26-40(27-29-41)20-18-25-48-50(11-4)53(44-21-14-12-15-22-44,45-23-16-13-17-24-45)51-35-49(46(9-2)47(10-3)52(48)51)43-32-30-42(31-33-43)39(7)34-37(5)36-54/h8-19,21-35H,2-6,20H2,1,7H3/b19-8-,25-18-,39-34+. The zero-order valence-electron chi connectivity index (χ0n) is 31.3. The Morgan fingerprint density at radius 3 is 1.87 bits per heavy atom. The Hall–Kier alpha value is -6.75. The van der Waals surface area contributed by atoms with Crippen LogP contribution in [-0.4, -0.2) is 0 Å². The van der Waals surface area contributed by atoms with E-state index < -0.39 is 5.41 Å². The van der Waals surface area contributed by atoms with E-state index in [1.807, 2.05) is 50.3 Å². The molecule has 0 aromatic heterocycles. The van der Waals surface area contributed by atoms with Crippen LogP contribution in [0.15, 0.2) is 196 Å². The average molecular weight is 696 g/mol. The molecule has 1 aliphatic rings. The van der Waals surface area contributed by atoms with Gasteiger partial charge in [-0.2, -0.15) is 5.26 Å². The summed E-state index contributed by atoms with van der Waals surface area (Å²) in [4.78, 5) is 0. The number of nitriles is 1. The third-order valence-electron chi connectivity index (χ3n) is 10.3. The lowest BCUT2D eigenvalue weighted by molar-refractivity contribution is 0.762. The first-order chi connectivity index (χ1) is 26.3. The third-order valence-corrected chi connectivity index (χ3v) is 10.3. The molecule has 262 valence electrons. The molecule has 0 N–H and O–H groups in total. The first-order valence-electron chi connectivity index (χ1n) is 18.2. The molecule has 5 aromatic carbocycles. The van der Waals surface area contributed by atoms with Gasteiger partial charge in [-0.05, 0) is 116 Å². The minimum absolute atomic E-state index is 0.428. The molecule has 1 aliphatic carbocycles. The minimum Gasteiger partial charge on any atom is -0.192 e. The molecule has 0 spiro atoms. The van der Waals surface area contributed by atoms with Gasteiger partial charge in [0.15, 0.2) is 0 Å². The van der Waals surface area contributed by atoms with E-state index in [0.717, 1.165) is 78.8 Å². The van der Waals surface area contributed by atoms with Crippen molar-refractivity contribution in [2.75, 3.05) is 0 Å². The lowest BCUT2D eigenvalue weighted by atomic mass is 9.66. The third kappa shape index (κ3) is 6.79. The van der Waals surface area contributed by atoms with Gasteiger partial charge in [-0.3, -0.25) is 0 Å². The fourth-order valence-electron chi connectivity index (χ4n) is 7.81. The maximum atomic E-state index is 9.28. The van der Waals surface area contributed by atoms with E-state index in [0.29, 0.717) is 5.57 Å². The molecule has 0 heterocycles. The summed E-state index contributed by atoms with van der Waals surface area (Å²) in [5, 5.41) is 9.28. The van der Waals surface area contributed by atoms with E-state index in [2.05, 4.69) is 166 Å². The molecule has 1 nitrogen and oxygen atoms in total.